The highest BCUT2D eigenvalue weighted by atomic mass is 16.2. The molecule has 0 saturated carbocycles. The lowest BCUT2D eigenvalue weighted by molar-refractivity contribution is -0.130. The summed E-state index contributed by atoms with van der Waals surface area (Å²) < 4.78 is 0. The number of rotatable bonds is 4. The maximum Gasteiger partial charge on any atom is 0.246 e. The number of aromatic nitrogens is 2. The minimum Gasteiger partial charge on any atom is -0.339 e. The molecule has 0 radical (unpaired) electrons. The summed E-state index contributed by atoms with van der Waals surface area (Å²) in [6, 6.07) is 11.4. The minimum atomic E-state index is -0.119. The Bertz CT molecular complexity index is 739. The van der Waals surface area contributed by atoms with Gasteiger partial charge < -0.3 is 4.90 Å². The maximum absolute atomic E-state index is 12.3. The van der Waals surface area contributed by atoms with Crippen LogP contribution in [-0.2, 0) is 9.59 Å². The summed E-state index contributed by atoms with van der Waals surface area (Å²) in [4.78, 5) is 34.3. The van der Waals surface area contributed by atoms with Gasteiger partial charge in [0.1, 0.15) is 0 Å². The normalized spacial score (nSPS) is 15.3. The lowest BCUT2D eigenvalue weighted by Gasteiger charge is -2.30. The largest absolute Gasteiger partial charge is 0.339 e. The fraction of sp³-hybridized carbons (Fsp3) is 0.263. The van der Waals surface area contributed by atoms with E-state index in [4.69, 9.17) is 0 Å². The fourth-order valence-corrected chi connectivity index (χ4v) is 2.78. The number of benzene rings is 1. The zero-order valence-electron chi connectivity index (χ0n) is 13.8. The highest BCUT2D eigenvalue weighted by Crippen LogP contribution is 2.19. The molecule has 1 aliphatic rings. The Morgan fingerprint density at radius 2 is 1.72 bits per heavy atom. The third-order valence-electron chi connectivity index (χ3n) is 4.20. The average Bonchev–Trinajstić information content (AvgIpc) is 2.68. The first-order valence-corrected chi connectivity index (χ1v) is 8.32. The number of piperidine rings is 1. The Kier molecular flexibility index (Phi) is 5.51. The van der Waals surface area contributed by atoms with Crippen molar-refractivity contribution in [1.29, 1.82) is 0 Å². The maximum atomic E-state index is 12.3. The highest BCUT2D eigenvalue weighted by Gasteiger charge is 2.26. The van der Waals surface area contributed by atoms with Crippen LogP contribution in [0.2, 0.25) is 0 Å². The smallest absolute Gasteiger partial charge is 0.246 e. The number of hydrogen-bond acceptors (Lipinski definition) is 4. The number of nitrogens with zero attached hydrogens (tertiary/aromatic N) is 3. The molecule has 0 aliphatic carbocycles. The third-order valence-corrected chi connectivity index (χ3v) is 4.20. The van der Waals surface area contributed by atoms with Gasteiger partial charge >= 0.3 is 0 Å². The molecule has 0 bridgehead atoms. The highest BCUT2D eigenvalue weighted by molar-refractivity contribution is 5.93. The third kappa shape index (κ3) is 4.73. The van der Waals surface area contributed by atoms with Gasteiger partial charge in [0, 0.05) is 37.5 Å². The Morgan fingerprint density at radius 1 is 1.04 bits per heavy atom. The van der Waals surface area contributed by atoms with E-state index in [0.717, 1.165) is 5.56 Å². The van der Waals surface area contributed by atoms with Crippen LogP contribution in [-0.4, -0.2) is 39.8 Å². The van der Waals surface area contributed by atoms with Crippen molar-refractivity contribution in [3.05, 3.63) is 60.4 Å². The summed E-state index contributed by atoms with van der Waals surface area (Å²) in [5.74, 6) is 0.0926. The Balaban J connectivity index is 1.49. The van der Waals surface area contributed by atoms with Crippen LogP contribution in [0.15, 0.2) is 54.9 Å². The van der Waals surface area contributed by atoms with Crippen LogP contribution in [0.3, 0.4) is 0 Å². The van der Waals surface area contributed by atoms with Gasteiger partial charge in [0.05, 0.1) is 0 Å². The van der Waals surface area contributed by atoms with E-state index in [-0.39, 0.29) is 17.7 Å². The number of carbonyl (C=O) groups excluding carboxylic acids is 2. The average molecular weight is 336 g/mol. The van der Waals surface area contributed by atoms with Gasteiger partial charge in [0.15, 0.2) is 0 Å². The minimum absolute atomic E-state index is 0.0193. The van der Waals surface area contributed by atoms with Crippen LogP contribution in [0, 0.1) is 5.92 Å². The van der Waals surface area contributed by atoms with E-state index in [2.05, 4.69) is 15.3 Å². The van der Waals surface area contributed by atoms with Gasteiger partial charge in [-0.1, -0.05) is 30.3 Å². The molecule has 6 heteroatoms. The first-order valence-electron chi connectivity index (χ1n) is 8.32. The van der Waals surface area contributed by atoms with E-state index >= 15 is 0 Å². The first kappa shape index (κ1) is 16.8. The molecule has 25 heavy (non-hydrogen) atoms. The quantitative estimate of drug-likeness (QED) is 0.870. The molecule has 3 rings (SSSR count). The Hall–Kier alpha value is -3.02. The molecule has 1 aliphatic heterocycles. The standard InChI is InChI=1S/C19H20N4O2/c24-17(8-7-15-5-2-1-3-6-15)23-13-9-16(10-14-23)18(25)22-19-20-11-4-12-21-19/h1-8,11-12,16H,9-10,13-14H2,(H,20,21,22,25)/b8-7+. The monoisotopic (exact) mass is 336 g/mol. The summed E-state index contributed by atoms with van der Waals surface area (Å²) in [6.45, 7) is 1.15. The molecule has 6 nitrogen and oxygen atoms in total. The van der Waals surface area contributed by atoms with E-state index in [0.29, 0.717) is 31.9 Å². The summed E-state index contributed by atoms with van der Waals surface area (Å²) >= 11 is 0. The molecule has 1 fully saturated rings. The van der Waals surface area contributed by atoms with Crippen LogP contribution in [0.25, 0.3) is 6.08 Å². The number of carbonyl (C=O) groups is 2. The fourth-order valence-electron chi connectivity index (χ4n) is 2.78. The molecule has 0 unspecified atom stereocenters. The molecular formula is C19H20N4O2. The van der Waals surface area contributed by atoms with Crippen LogP contribution in [0.1, 0.15) is 18.4 Å². The topological polar surface area (TPSA) is 75.2 Å². The number of likely N-dealkylation sites (tertiary alicyclic amines) is 1. The van der Waals surface area contributed by atoms with Crippen LogP contribution in [0.4, 0.5) is 5.95 Å². The molecule has 2 aromatic rings. The van der Waals surface area contributed by atoms with Crippen molar-refractivity contribution in [2.75, 3.05) is 18.4 Å². The zero-order valence-corrected chi connectivity index (χ0v) is 13.8. The zero-order chi connectivity index (χ0) is 17.5. The molecule has 128 valence electrons. The molecule has 1 aromatic carbocycles. The van der Waals surface area contributed by atoms with E-state index < -0.39 is 0 Å². The lowest BCUT2D eigenvalue weighted by Crippen LogP contribution is -2.40. The van der Waals surface area contributed by atoms with Gasteiger partial charge in [-0.05, 0) is 30.5 Å². The number of nitrogens with one attached hydrogen (secondary N) is 1. The second kappa shape index (κ2) is 8.19. The second-order valence-corrected chi connectivity index (χ2v) is 5.91. The van der Waals surface area contributed by atoms with Gasteiger partial charge in [0.25, 0.3) is 0 Å². The molecule has 2 heterocycles. The van der Waals surface area contributed by atoms with Crippen molar-refractivity contribution in [1.82, 2.24) is 14.9 Å². The van der Waals surface area contributed by atoms with Crippen molar-refractivity contribution in [2.24, 2.45) is 5.92 Å². The first-order chi connectivity index (χ1) is 12.2. The van der Waals surface area contributed by atoms with Crippen molar-refractivity contribution in [3.63, 3.8) is 0 Å². The molecular weight excluding hydrogens is 316 g/mol. The molecule has 1 aromatic heterocycles. The van der Waals surface area contributed by atoms with Crippen LogP contribution in [0.5, 0.6) is 0 Å². The van der Waals surface area contributed by atoms with Gasteiger partial charge in [-0.25, -0.2) is 9.97 Å². The van der Waals surface area contributed by atoms with E-state index in [9.17, 15) is 9.59 Å². The van der Waals surface area contributed by atoms with Gasteiger partial charge in [-0.15, -0.1) is 0 Å². The number of hydrogen-bond donors (Lipinski definition) is 1. The summed E-state index contributed by atoms with van der Waals surface area (Å²) in [7, 11) is 0. The molecule has 0 spiro atoms. The SMILES string of the molecule is O=C(Nc1ncccn1)C1CCN(C(=O)/C=C/c2ccccc2)CC1. The summed E-state index contributed by atoms with van der Waals surface area (Å²) in [6.07, 6.45) is 7.86. The van der Waals surface area contributed by atoms with Crippen molar-refractivity contribution < 1.29 is 9.59 Å². The predicted octanol–water partition coefficient (Wildman–Crippen LogP) is 2.37. The van der Waals surface area contributed by atoms with Gasteiger partial charge in [-0.2, -0.15) is 0 Å². The molecule has 1 N–H and O–H groups in total. The summed E-state index contributed by atoms with van der Waals surface area (Å²) in [5, 5.41) is 2.72. The Labute approximate surface area is 146 Å². The van der Waals surface area contributed by atoms with Crippen molar-refractivity contribution >= 4 is 23.8 Å². The summed E-state index contributed by atoms with van der Waals surface area (Å²) in [5.41, 5.74) is 0.993. The van der Waals surface area contributed by atoms with Gasteiger partial charge in [0.2, 0.25) is 17.8 Å². The second-order valence-electron chi connectivity index (χ2n) is 5.91. The van der Waals surface area contributed by atoms with Crippen molar-refractivity contribution in [3.8, 4) is 0 Å². The molecule has 0 atom stereocenters. The Morgan fingerprint density at radius 3 is 2.40 bits per heavy atom. The number of amides is 2. The van der Waals surface area contributed by atoms with Crippen molar-refractivity contribution in [2.45, 2.75) is 12.8 Å². The van der Waals surface area contributed by atoms with E-state index in [1.165, 1.54) is 0 Å². The van der Waals surface area contributed by atoms with Gasteiger partial charge in [-0.3, -0.25) is 14.9 Å². The molecule has 1 saturated heterocycles. The number of anilines is 1. The van der Waals surface area contributed by atoms with Crippen LogP contribution < -0.4 is 5.32 Å². The molecule has 2 amide bonds. The van der Waals surface area contributed by atoms with E-state index in [1.54, 1.807) is 29.4 Å². The van der Waals surface area contributed by atoms with Crippen LogP contribution >= 0.6 is 0 Å². The predicted molar refractivity (Wildman–Crippen MR) is 95.4 cm³/mol. The lowest BCUT2D eigenvalue weighted by atomic mass is 9.96. The van der Waals surface area contributed by atoms with E-state index in [1.807, 2.05) is 36.4 Å².